The molecule has 1 heterocycles. The third-order valence-electron chi connectivity index (χ3n) is 3.93. The van der Waals surface area contributed by atoms with Gasteiger partial charge in [0.05, 0.1) is 0 Å². The standard InChI is InChI=1S/C16H20N2O2/c1-2-3-4-12-14(16(20)15(12)19)18-11-5-6-13-10(9-11)7-8-17-13/h5-9,15-20H,2-4H2,1H3. The predicted octanol–water partition coefficient (Wildman–Crippen LogP) is 2.76. The van der Waals surface area contributed by atoms with E-state index in [-0.39, 0.29) is 0 Å². The van der Waals surface area contributed by atoms with Crippen molar-refractivity contribution in [2.45, 2.75) is 38.4 Å². The van der Waals surface area contributed by atoms with Crippen LogP contribution in [0.2, 0.25) is 0 Å². The topological polar surface area (TPSA) is 68.3 Å². The van der Waals surface area contributed by atoms with Crippen LogP contribution in [-0.4, -0.2) is 27.4 Å². The number of aromatic nitrogens is 1. The first-order chi connectivity index (χ1) is 9.70. The molecule has 0 spiro atoms. The van der Waals surface area contributed by atoms with Crippen LogP contribution in [0.15, 0.2) is 41.7 Å². The summed E-state index contributed by atoms with van der Waals surface area (Å²) in [7, 11) is 0. The van der Waals surface area contributed by atoms with E-state index in [1.807, 2.05) is 30.5 Å². The molecule has 2 atom stereocenters. The van der Waals surface area contributed by atoms with Crippen LogP contribution in [0.5, 0.6) is 0 Å². The molecule has 2 unspecified atom stereocenters. The van der Waals surface area contributed by atoms with Gasteiger partial charge in [-0.3, -0.25) is 0 Å². The summed E-state index contributed by atoms with van der Waals surface area (Å²) in [6.07, 6.45) is 3.35. The maximum Gasteiger partial charge on any atom is 0.123 e. The summed E-state index contributed by atoms with van der Waals surface area (Å²) in [5.41, 5.74) is 3.73. The molecule has 1 aliphatic carbocycles. The summed E-state index contributed by atoms with van der Waals surface area (Å²) in [5, 5.41) is 24.1. The normalized spacial score (nSPS) is 22.1. The number of benzene rings is 1. The van der Waals surface area contributed by atoms with E-state index in [4.69, 9.17) is 0 Å². The Bertz CT molecular complexity index is 645. The maximum atomic E-state index is 9.90. The quantitative estimate of drug-likeness (QED) is 0.676. The highest BCUT2D eigenvalue weighted by atomic mass is 16.3. The summed E-state index contributed by atoms with van der Waals surface area (Å²) in [6, 6.07) is 8.03. The van der Waals surface area contributed by atoms with Gasteiger partial charge in [0.25, 0.3) is 0 Å². The smallest absolute Gasteiger partial charge is 0.123 e. The van der Waals surface area contributed by atoms with Crippen LogP contribution in [-0.2, 0) is 0 Å². The zero-order valence-electron chi connectivity index (χ0n) is 11.6. The van der Waals surface area contributed by atoms with Gasteiger partial charge in [-0.1, -0.05) is 13.3 Å². The molecule has 0 saturated carbocycles. The van der Waals surface area contributed by atoms with Gasteiger partial charge in [-0.05, 0) is 42.7 Å². The van der Waals surface area contributed by atoms with Crippen LogP contribution in [0.3, 0.4) is 0 Å². The zero-order valence-corrected chi connectivity index (χ0v) is 11.6. The minimum absolute atomic E-state index is 0.708. The van der Waals surface area contributed by atoms with E-state index in [0.29, 0.717) is 0 Å². The lowest BCUT2D eigenvalue weighted by atomic mass is 9.84. The van der Waals surface area contributed by atoms with Gasteiger partial charge in [-0.15, -0.1) is 0 Å². The van der Waals surface area contributed by atoms with Crippen LogP contribution in [0.25, 0.3) is 10.9 Å². The largest absolute Gasteiger partial charge is 0.386 e. The number of aliphatic hydroxyl groups excluding tert-OH is 2. The van der Waals surface area contributed by atoms with Crippen molar-refractivity contribution in [3.8, 4) is 0 Å². The Morgan fingerprint density at radius 3 is 2.85 bits per heavy atom. The number of aromatic amines is 1. The number of unbranched alkanes of at least 4 members (excludes halogenated alkanes) is 1. The van der Waals surface area contributed by atoms with Crippen molar-refractivity contribution in [3.63, 3.8) is 0 Å². The average Bonchev–Trinajstić information content (AvgIpc) is 2.93. The second-order valence-electron chi connectivity index (χ2n) is 5.34. The van der Waals surface area contributed by atoms with E-state index in [2.05, 4.69) is 17.2 Å². The Morgan fingerprint density at radius 1 is 1.20 bits per heavy atom. The molecule has 1 aromatic carbocycles. The van der Waals surface area contributed by atoms with Crippen molar-refractivity contribution in [2.24, 2.45) is 0 Å². The number of anilines is 1. The molecule has 0 saturated heterocycles. The van der Waals surface area contributed by atoms with Gasteiger partial charge in [0.1, 0.15) is 12.2 Å². The molecular formula is C16H20N2O2. The van der Waals surface area contributed by atoms with E-state index in [0.717, 1.165) is 47.1 Å². The molecule has 0 fully saturated rings. The van der Waals surface area contributed by atoms with Crippen molar-refractivity contribution in [1.82, 2.24) is 4.98 Å². The highest BCUT2D eigenvalue weighted by molar-refractivity contribution is 5.83. The van der Waals surface area contributed by atoms with Crippen molar-refractivity contribution in [3.05, 3.63) is 41.7 Å². The van der Waals surface area contributed by atoms with Crippen LogP contribution in [0.1, 0.15) is 26.2 Å². The summed E-state index contributed by atoms with van der Waals surface area (Å²) in [6.45, 7) is 2.12. The molecule has 106 valence electrons. The number of H-pyrrole nitrogens is 1. The highest BCUT2D eigenvalue weighted by Crippen LogP contribution is 2.34. The van der Waals surface area contributed by atoms with Gasteiger partial charge in [0.2, 0.25) is 0 Å². The van der Waals surface area contributed by atoms with E-state index < -0.39 is 12.2 Å². The minimum atomic E-state index is -0.788. The van der Waals surface area contributed by atoms with Crippen LogP contribution < -0.4 is 5.32 Å². The molecule has 3 rings (SSSR count). The van der Waals surface area contributed by atoms with Gasteiger partial charge >= 0.3 is 0 Å². The molecule has 2 aromatic rings. The molecule has 4 heteroatoms. The fraction of sp³-hybridized carbons (Fsp3) is 0.375. The molecule has 1 aromatic heterocycles. The SMILES string of the molecule is CCCCC1=C(Nc2ccc3[nH]ccc3c2)C(O)C1O. The number of hydrogen-bond acceptors (Lipinski definition) is 3. The van der Waals surface area contributed by atoms with Crippen LogP contribution >= 0.6 is 0 Å². The predicted molar refractivity (Wildman–Crippen MR) is 80.5 cm³/mol. The van der Waals surface area contributed by atoms with Crippen molar-refractivity contribution < 1.29 is 10.2 Å². The molecule has 0 bridgehead atoms. The lowest BCUT2D eigenvalue weighted by Gasteiger charge is -2.36. The van der Waals surface area contributed by atoms with Crippen molar-refractivity contribution in [1.29, 1.82) is 0 Å². The first kappa shape index (κ1) is 13.2. The highest BCUT2D eigenvalue weighted by Gasteiger charge is 2.37. The fourth-order valence-electron chi connectivity index (χ4n) is 2.69. The van der Waals surface area contributed by atoms with Gasteiger partial charge < -0.3 is 20.5 Å². The van der Waals surface area contributed by atoms with Gasteiger partial charge in [-0.2, -0.15) is 0 Å². The van der Waals surface area contributed by atoms with E-state index in [1.54, 1.807) is 0 Å². The van der Waals surface area contributed by atoms with Gasteiger partial charge in [0, 0.05) is 28.5 Å². The summed E-state index contributed by atoms with van der Waals surface area (Å²) < 4.78 is 0. The van der Waals surface area contributed by atoms with Gasteiger partial charge in [-0.25, -0.2) is 0 Å². The minimum Gasteiger partial charge on any atom is -0.386 e. The molecule has 4 N–H and O–H groups in total. The number of aliphatic hydroxyl groups is 2. The third kappa shape index (κ3) is 2.21. The fourth-order valence-corrected chi connectivity index (χ4v) is 2.69. The summed E-state index contributed by atoms with van der Waals surface area (Å²) >= 11 is 0. The molecule has 1 aliphatic rings. The van der Waals surface area contributed by atoms with Gasteiger partial charge in [0.15, 0.2) is 0 Å². The van der Waals surface area contributed by atoms with E-state index in [9.17, 15) is 10.2 Å². The number of hydrogen-bond donors (Lipinski definition) is 4. The Hall–Kier alpha value is -1.78. The Morgan fingerprint density at radius 2 is 2.05 bits per heavy atom. The first-order valence-electron chi connectivity index (χ1n) is 7.14. The lowest BCUT2D eigenvalue weighted by molar-refractivity contribution is 0.0353. The van der Waals surface area contributed by atoms with E-state index in [1.165, 1.54) is 0 Å². The zero-order chi connectivity index (χ0) is 14.1. The molecule has 20 heavy (non-hydrogen) atoms. The Balaban J connectivity index is 1.83. The third-order valence-corrected chi connectivity index (χ3v) is 3.93. The number of fused-ring (bicyclic) bond motifs is 1. The second kappa shape index (κ2) is 5.31. The molecule has 0 amide bonds. The second-order valence-corrected chi connectivity index (χ2v) is 5.34. The number of nitrogens with one attached hydrogen (secondary N) is 2. The first-order valence-corrected chi connectivity index (χ1v) is 7.14. The Kier molecular flexibility index (Phi) is 3.51. The summed E-state index contributed by atoms with van der Waals surface area (Å²) in [4.78, 5) is 3.15. The molecule has 0 radical (unpaired) electrons. The molecule has 4 nitrogen and oxygen atoms in total. The van der Waals surface area contributed by atoms with Crippen molar-refractivity contribution >= 4 is 16.6 Å². The monoisotopic (exact) mass is 272 g/mol. The lowest BCUT2D eigenvalue weighted by Crippen LogP contribution is -2.43. The molecule has 0 aliphatic heterocycles. The maximum absolute atomic E-state index is 9.90. The van der Waals surface area contributed by atoms with Crippen molar-refractivity contribution in [2.75, 3.05) is 5.32 Å². The molecular weight excluding hydrogens is 252 g/mol. The average molecular weight is 272 g/mol. The Labute approximate surface area is 118 Å². The van der Waals surface area contributed by atoms with E-state index >= 15 is 0 Å². The number of rotatable bonds is 5. The van der Waals surface area contributed by atoms with Crippen LogP contribution in [0, 0.1) is 0 Å². The van der Waals surface area contributed by atoms with Crippen LogP contribution in [0.4, 0.5) is 5.69 Å². The summed E-state index contributed by atoms with van der Waals surface area (Å²) in [5.74, 6) is 0.